The lowest BCUT2D eigenvalue weighted by Gasteiger charge is -2.06. The number of benzene rings is 1. The van der Waals surface area contributed by atoms with Crippen LogP contribution in [0.5, 0.6) is 0 Å². The Morgan fingerprint density at radius 3 is 2.57 bits per heavy atom. The number of aromatic nitrogens is 4. The van der Waals surface area contributed by atoms with E-state index in [-0.39, 0.29) is 23.2 Å². The fourth-order valence-electron chi connectivity index (χ4n) is 2.16. The van der Waals surface area contributed by atoms with E-state index in [9.17, 15) is 8.78 Å². The maximum absolute atomic E-state index is 13.7. The van der Waals surface area contributed by atoms with Gasteiger partial charge in [0.05, 0.1) is 17.6 Å². The Labute approximate surface area is 123 Å². The van der Waals surface area contributed by atoms with Gasteiger partial charge in [-0.1, -0.05) is 17.7 Å². The Kier molecular flexibility index (Phi) is 3.21. The van der Waals surface area contributed by atoms with E-state index in [2.05, 4.69) is 15.1 Å². The molecule has 0 bridgehead atoms. The van der Waals surface area contributed by atoms with E-state index in [1.165, 1.54) is 22.9 Å². The normalized spacial score (nSPS) is 11.2. The van der Waals surface area contributed by atoms with Crippen molar-refractivity contribution in [1.82, 2.24) is 19.7 Å². The molecule has 2 heterocycles. The Morgan fingerprint density at radius 1 is 1.24 bits per heavy atom. The molecule has 8 heteroatoms. The van der Waals surface area contributed by atoms with Gasteiger partial charge in [-0.2, -0.15) is 10.1 Å². The van der Waals surface area contributed by atoms with Crippen molar-refractivity contribution in [2.75, 3.05) is 5.73 Å². The van der Waals surface area contributed by atoms with E-state index in [0.717, 1.165) is 0 Å². The number of nitrogens with zero attached hydrogens (tertiary/aromatic N) is 4. The van der Waals surface area contributed by atoms with Gasteiger partial charge in [0.1, 0.15) is 16.8 Å². The van der Waals surface area contributed by atoms with Crippen molar-refractivity contribution < 1.29 is 8.78 Å². The third-order valence-electron chi connectivity index (χ3n) is 3.11. The van der Waals surface area contributed by atoms with Crippen LogP contribution in [0, 0.1) is 18.6 Å². The zero-order chi connectivity index (χ0) is 15.1. The van der Waals surface area contributed by atoms with E-state index < -0.39 is 11.6 Å². The largest absolute Gasteiger partial charge is 0.368 e. The zero-order valence-electron chi connectivity index (χ0n) is 10.9. The van der Waals surface area contributed by atoms with Gasteiger partial charge in [-0.15, -0.1) is 0 Å². The van der Waals surface area contributed by atoms with Crippen molar-refractivity contribution in [3.05, 3.63) is 46.2 Å². The van der Waals surface area contributed by atoms with Crippen LogP contribution in [0.25, 0.3) is 11.0 Å². The van der Waals surface area contributed by atoms with Crippen LogP contribution in [0.4, 0.5) is 14.7 Å². The second kappa shape index (κ2) is 4.92. The lowest BCUT2D eigenvalue weighted by molar-refractivity contribution is 0.535. The molecule has 1 aromatic carbocycles. The summed E-state index contributed by atoms with van der Waals surface area (Å²) >= 11 is 6.01. The van der Waals surface area contributed by atoms with Crippen LogP contribution < -0.4 is 5.73 Å². The molecule has 0 aliphatic carbocycles. The van der Waals surface area contributed by atoms with E-state index >= 15 is 0 Å². The molecule has 0 aliphatic heterocycles. The van der Waals surface area contributed by atoms with Gasteiger partial charge in [0, 0.05) is 5.56 Å². The predicted octanol–water partition coefficient (Wildman–Crippen LogP) is 2.70. The topological polar surface area (TPSA) is 69.6 Å². The number of nitrogen functional groups attached to an aromatic ring is 1. The predicted molar refractivity (Wildman–Crippen MR) is 74.9 cm³/mol. The van der Waals surface area contributed by atoms with Crippen LogP contribution >= 0.6 is 11.6 Å². The van der Waals surface area contributed by atoms with E-state index in [4.69, 9.17) is 17.3 Å². The summed E-state index contributed by atoms with van der Waals surface area (Å²) in [5, 5.41) is 4.89. The molecule has 0 saturated heterocycles. The molecule has 0 spiro atoms. The highest BCUT2D eigenvalue weighted by molar-refractivity contribution is 6.34. The van der Waals surface area contributed by atoms with Crippen LogP contribution in [0.1, 0.15) is 11.3 Å². The number of fused-ring (bicyclic) bond motifs is 1. The van der Waals surface area contributed by atoms with Crippen LogP contribution in [0.2, 0.25) is 5.15 Å². The molecule has 0 amide bonds. The molecule has 3 rings (SSSR count). The third-order valence-corrected chi connectivity index (χ3v) is 3.38. The van der Waals surface area contributed by atoms with Gasteiger partial charge in [-0.25, -0.2) is 18.4 Å². The minimum atomic E-state index is -0.649. The molecule has 0 radical (unpaired) electrons. The van der Waals surface area contributed by atoms with Crippen molar-refractivity contribution >= 4 is 28.6 Å². The molecule has 0 unspecified atom stereocenters. The molecule has 5 nitrogen and oxygen atoms in total. The number of halogens is 3. The van der Waals surface area contributed by atoms with Gasteiger partial charge in [-0.05, 0) is 19.1 Å². The molecule has 21 heavy (non-hydrogen) atoms. The summed E-state index contributed by atoms with van der Waals surface area (Å²) in [5.41, 5.74) is 6.36. The number of anilines is 1. The minimum Gasteiger partial charge on any atom is -0.368 e. The summed E-state index contributed by atoms with van der Waals surface area (Å²) in [4.78, 5) is 7.90. The van der Waals surface area contributed by atoms with Crippen LogP contribution in [0.15, 0.2) is 18.2 Å². The minimum absolute atomic E-state index is 0.0253. The van der Waals surface area contributed by atoms with Crippen LogP contribution in [-0.2, 0) is 6.54 Å². The molecule has 3 aromatic rings. The second-order valence-corrected chi connectivity index (χ2v) is 4.87. The molecule has 2 aromatic heterocycles. The summed E-state index contributed by atoms with van der Waals surface area (Å²) in [6.07, 6.45) is 0. The lowest BCUT2D eigenvalue weighted by Crippen LogP contribution is -2.08. The first-order valence-corrected chi connectivity index (χ1v) is 6.44. The van der Waals surface area contributed by atoms with Crippen molar-refractivity contribution in [3.63, 3.8) is 0 Å². The summed E-state index contributed by atoms with van der Waals surface area (Å²) in [6.45, 7) is 1.59. The van der Waals surface area contributed by atoms with Gasteiger partial charge in [-0.3, -0.25) is 0 Å². The van der Waals surface area contributed by atoms with Gasteiger partial charge in [0.2, 0.25) is 5.95 Å². The first-order chi connectivity index (χ1) is 9.97. The number of hydrogen-bond donors (Lipinski definition) is 1. The van der Waals surface area contributed by atoms with Gasteiger partial charge in [0.25, 0.3) is 0 Å². The van der Waals surface area contributed by atoms with Gasteiger partial charge >= 0.3 is 0 Å². The molecule has 0 atom stereocenters. The molecule has 0 fully saturated rings. The van der Waals surface area contributed by atoms with E-state index in [1.54, 1.807) is 6.92 Å². The molecule has 0 saturated carbocycles. The van der Waals surface area contributed by atoms with E-state index in [1.807, 2.05) is 0 Å². The summed E-state index contributed by atoms with van der Waals surface area (Å²) in [5.74, 6) is -1.32. The highest BCUT2D eigenvalue weighted by Gasteiger charge is 2.17. The van der Waals surface area contributed by atoms with Crippen molar-refractivity contribution in [3.8, 4) is 0 Å². The Hall–Kier alpha value is -2.28. The van der Waals surface area contributed by atoms with Gasteiger partial charge < -0.3 is 5.73 Å². The highest BCUT2D eigenvalue weighted by Crippen LogP contribution is 2.25. The first kappa shape index (κ1) is 13.7. The number of hydrogen-bond acceptors (Lipinski definition) is 4. The fourth-order valence-corrected chi connectivity index (χ4v) is 2.47. The lowest BCUT2D eigenvalue weighted by atomic mass is 10.2. The summed E-state index contributed by atoms with van der Waals surface area (Å²) in [7, 11) is 0. The quantitative estimate of drug-likeness (QED) is 0.739. The monoisotopic (exact) mass is 309 g/mol. The Bertz CT molecular complexity index is 826. The maximum atomic E-state index is 13.7. The molecule has 108 valence electrons. The van der Waals surface area contributed by atoms with Gasteiger partial charge in [0.15, 0.2) is 5.65 Å². The first-order valence-electron chi connectivity index (χ1n) is 6.06. The van der Waals surface area contributed by atoms with Crippen LogP contribution in [-0.4, -0.2) is 19.7 Å². The zero-order valence-corrected chi connectivity index (χ0v) is 11.7. The molecule has 2 N–H and O–H groups in total. The summed E-state index contributed by atoms with van der Waals surface area (Å²) in [6, 6.07) is 3.68. The standard InChI is InChI=1S/C13H10ClF2N5/c1-6-10-11(14)18-13(17)19-12(10)21(20-6)5-7-8(15)3-2-4-9(7)16/h2-4H,5H2,1H3,(H2,17,18,19). The van der Waals surface area contributed by atoms with E-state index in [0.29, 0.717) is 16.7 Å². The second-order valence-electron chi connectivity index (χ2n) is 4.51. The smallest absolute Gasteiger partial charge is 0.223 e. The van der Waals surface area contributed by atoms with Crippen molar-refractivity contribution in [2.45, 2.75) is 13.5 Å². The highest BCUT2D eigenvalue weighted by atomic mass is 35.5. The number of rotatable bonds is 2. The summed E-state index contributed by atoms with van der Waals surface area (Å²) < 4.78 is 28.8. The Balaban J connectivity index is 2.18. The number of aryl methyl sites for hydroxylation is 1. The third kappa shape index (κ3) is 2.29. The van der Waals surface area contributed by atoms with Crippen LogP contribution in [0.3, 0.4) is 0 Å². The number of nitrogens with two attached hydrogens (primary N) is 1. The van der Waals surface area contributed by atoms with Crippen molar-refractivity contribution in [2.24, 2.45) is 0 Å². The average Bonchev–Trinajstić information content (AvgIpc) is 2.70. The SMILES string of the molecule is Cc1nn(Cc2c(F)cccc2F)c2nc(N)nc(Cl)c12. The Morgan fingerprint density at radius 2 is 1.90 bits per heavy atom. The average molecular weight is 310 g/mol. The molecular formula is C13H10ClF2N5. The maximum Gasteiger partial charge on any atom is 0.223 e. The van der Waals surface area contributed by atoms with Crippen molar-refractivity contribution in [1.29, 1.82) is 0 Å². The fraction of sp³-hybridized carbons (Fsp3) is 0.154. The molecule has 0 aliphatic rings. The molecular weight excluding hydrogens is 300 g/mol.